The van der Waals surface area contributed by atoms with Gasteiger partial charge in [0.2, 0.25) is 0 Å². The van der Waals surface area contributed by atoms with Gasteiger partial charge in [0.25, 0.3) is 0 Å². The van der Waals surface area contributed by atoms with Gasteiger partial charge < -0.3 is 19.0 Å². The summed E-state index contributed by atoms with van der Waals surface area (Å²) >= 11 is 0. The molecule has 3 rings (SSSR count). The highest BCUT2D eigenvalue weighted by molar-refractivity contribution is 5.86. The quantitative estimate of drug-likeness (QED) is 0.718. The van der Waals surface area contributed by atoms with E-state index in [1.165, 1.54) is 13.2 Å². The Bertz CT molecular complexity index is 1060. The van der Waals surface area contributed by atoms with Gasteiger partial charge in [-0.15, -0.1) is 0 Å². The third-order valence-electron chi connectivity index (χ3n) is 3.56. The van der Waals surface area contributed by atoms with Gasteiger partial charge in [0, 0.05) is 18.2 Å². The molecule has 6 nitrogen and oxygen atoms in total. The Morgan fingerprint density at radius 1 is 1.19 bits per heavy atom. The molecule has 3 aromatic rings. The van der Waals surface area contributed by atoms with E-state index in [1.54, 1.807) is 0 Å². The van der Waals surface area contributed by atoms with E-state index in [9.17, 15) is 23.5 Å². The Balaban J connectivity index is 2.12. The number of phenols is 1. The van der Waals surface area contributed by atoms with Crippen LogP contribution in [0.25, 0.3) is 22.3 Å². The largest absolute Gasteiger partial charge is 0.507 e. The van der Waals surface area contributed by atoms with Crippen molar-refractivity contribution in [3.63, 3.8) is 0 Å². The molecule has 0 aliphatic rings. The molecule has 0 saturated carbocycles. The molecule has 26 heavy (non-hydrogen) atoms. The molecule has 1 aromatic heterocycles. The lowest BCUT2D eigenvalue weighted by atomic mass is 10.1. The molecule has 0 amide bonds. The maximum atomic E-state index is 13.9. The molecule has 0 fully saturated rings. The van der Waals surface area contributed by atoms with E-state index in [-0.39, 0.29) is 28.0 Å². The van der Waals surface area contributed by atoms with Crippen molar-refractivity contribution >= 4 is 16.9 Å². The van der Waals surface area contributed by atoms with Crippen LogP contribution >= 0.6 is 0 Å². The smallest absolute Gasteiger partial charge is 0.343 e. The standard InChI is InChI=1S/C18H12F2O6/c1-24-17(23)8-25-10-5-13(21)18-14(22)7-15(26-16(18)6-10)11-4-9(19)2-3-12(11)20/h2-7,21H,8H2,1H3. The SMILES string of the molecule is COC(=O)COc1cc(O)c2c(=O)cc(-c3cc(F)ccc3F)oc2c1. The third-order valence-corrected chi connectivity index (χ3v) is 3.56. The first-order chi connectivity index (χ1) is 12.4. The zero-order chi connectivity index (χ0) is 18.8. The number of fused-ring (bicyclic) bond motifs is 1. The van der Waals surface area contributed by atoms with Crippen LogP contribution in [0.5, 0.6) is 11.5 Å². The molecule has 2 aromatic carbocycles. The van der Waals surface area contributed by atoms with Crippen LogP contribution in [0.4, 0.5) is 8.78 Å². The van der Waals surface area contributed by atoms with Gasteiger partial charge in [-0.1, -0.05) is 0 Å². The number of halogens is 2. The first-order valence-corrected chi connectivity index (χ1v) is 7.35. The molecule has 0 aliphatic heterocycles. The number of carbonyl (C=O) groups is 1. The first-order valence-electron chi connectivity index (χ1n) is 7.35. The summed E-state index contributed by atoms with van der Waals surface area (Å²) in [5.74, 6) is -2.77. The molecule has 0 unspecified atom stereocenters. The summed E-state index contributed by atoms with van der Waals surface area (Å²) < 4.78 is 42.4. The zero-order valence-corrected chi connectivity index (χ0v) is 13.4. The van der Waals surface area contributed by atoms with E-state index in [4.69, 9.17) is 9.15 Å². The number of phenolic OH excluding ortho intramolecular Hbond substituents is 1. The normalized spacial score (nSPS) is 10.7. The second-order valence-electron chi connectivity index (χ2n) is 5.28. The molecular weight excluding hydrogens is 350 g/mol. The van der Waals surface area contributed by atoms with Crippen LogP contribution in [0.2, 0.25) is 0 Å². The molecule has 8 heteroatoms. The van der Waals surface area contributed by atoms with Gasteiger partial charge in [-0.25, -0.2) is 13.6 Å². The fourth-order valence-corrected chi connectivity index (χ4v) is 2.35. The molecule has 134 valence electrons. The number of aromatic hydroxyl groups is 1. The second-order valence-corrected chi connectivity index (χ2v) is 5.28. The summed E-state index contributed by atoms with van der Waals surface area (Å²) in [6.45, 7) is -0.427. The van der Waals surface area contributed by atoms with Crippen LogP contribution in [-0.2, 0) is 9.53 Å². The van der Waals surface area contributed by atoms with Crippen LogP contribution in [-0.4, -0.2) is 24.8 Å². The van der Waals surface area contributed by atoms with E-state index in [2.05, 4.69) is 4.74 Å². The number of hydrogen-bond donors (Lipinski definition) is 1. The molecule has 1 heterocycles. The van der Waals surface area contributed by atoms with E-state index < -0.39 is 35.4 Å². The molecule has 0 aliphatic carbocycles. The number of esters is 1. The van der Waals surface area contributed by atoms with Crippen molar-refractivity contribution < 1.29 is 32.6 Å². The van der Waals surface area contributed by atoms with Crippen molar-refractivity contribution in [3.05, 3.63) is 58.3 Å². The summed E-state index contributed by atoms with van der Waals surface area (Å²) in [4.78, 5) is 23.4. The summed E-state index contributed by atoms with van der Waals surface area (Å²) in [6.07, 6.45) is 0. The van der Waals surface area contributed by atoms with Crippen LogP contribution < -0.4 is 10.2 Å². The Kier molecular flexibility index (Phi) is 4.57. The number of rotatable bonds is 4. The van der Waals surface area contributed by atoms with Crippen molar-refractivity contribution in [2.75, 3.05) is 13.7 Å². The maximum Gasteiger partial charge on any atom is 0.343 e. The minimum Gasteiger partial charge on any atom is -0.507 e. The highest BCUT2D eigenvalue weighted by Gasteiger charge is 2.16. The molecule has 1 N–H and O–H groups in total. The lowest BCUT2D eigenvalue weighted by Gasteiger charge is -2.09. The predicted octanol–water partition coefficient (Wildman–Crippen LogP) is 3.00. The number of carbonyl (C=O) groups excluding carboxylic acids is 1. The van der Waals surface area contributed by atoms with Crippen molar-refractivity contribution in [2.45, 2.75) is 0 Å². The Hall–Kier alpha value is -3.42. The fraction of sp³-hybridized carbons (Fsp3) is 0.111. The lowest BCUT2D eigenvalue weighted by molar-refractivity contribution is -0.142. The molecule has 0 radical (unpaired) electrons. The van der Waals surface area contributed by atoms with Crippen molar-refractivity contribution in [3.8, 4) is 22.8 Å². The third kappa shape index (κ3) is 3.34. The second kappa shape index (κ2) is 6.83. The fourth-order valence-electron chi connectivity index (χ4n) is 2.35. The topological polar surface area (TPSA) is 86.0 Å². The molecule has 0 atom stereocenters. The Morgan fingerprint density at radius 3 is 2.69 bits per heavy atom. The highest BCUT2D eigenvalue weighted by atomic mass is 19.1. The highest BCUT2D eigenvalue weighted by Crippen LogP contribution is 2.32. The van der Waals surface area contributed by atoms with Gasteiger partial charge in [0.05, 0.1) is 12.7 Å². The van der Waals surface area contributed by atoms with E-state index in [0.717, 1.165) is 30.3 Å². The molecular formula is C18H12F2O6. The predicted molar refractivity (Wildman–Crippen MR) is 87.0 cm³/mol. The number of hydrogen-bond acceptors (Lipinski definition) is 6. The minimum absolute atomic E-state index is 0.0282. The zero-order valence-electron chi connectivity index (χ0n) is 13.4. The van der Waals surface area contributed by atoms with E-state index in [0.29, 0.717) is 0 Å². The van der Waals surface area contributed by atoms with Crippen LogP contribution in [0, 0.1) is 11.6 Å². The van der Waals surface area contributed by atoms with Gasteiger partial charge in [0.1, 0.15) is 39.9 Å². The van der Waals surface area contributed by atoms with Gasteiger partial charge >= 0.3 is 5.97 Å². The van der Waals surface area contributed by atoms with Gasteiger partial charge in [0.15, 0.2) is 12.0 Å². The Morgan fingerprint density at radius 2 is 1.96 bits per heavy atom. The summed E-state index contributed by atoms with van der Waals surface area (Å²) in [5.41, 5.74) is -1.01. The number of methoxy groups -OCH3 is 1. The van der Waals surface area contributed by atoms with Crippen LogP contribution in [0.3, 0.4) is 0 Å². The molecule has 0 saturated heterocycles. The first kappa shape index (κ1) is 17.4. The average Bonchev–Trinajstić information content (AvgIpc) is 2.60. The number of benzene rings is 2. The van der Waals surface area contributed by atoms with E-state index in [1.807, 2.05) is 0 Å². The Labute approximate surface area is 145 Å². The summed E-state index contributed by atoms with van der Waals surface area (Å²) in [6, 6.07) is 6.06. The van der Waals surface area contributed by atoms with Crippen molar-refractivity contribution in [2.24, 2.45) is 0 Å². The monoisotopic (exact) mass is 362 g/mol. The lowest BCUT2D eigenvalue weighted by Crippen LogP contribution is -2.12. The van der Waals surface area contributed by atoms with Crippen LogP contribution in [0.15, 0.2) is 45.6 Å². The van der Waals surface area contributed by atoms with Gasteiger partial charge in [-0.3, -0.25) is 4.79 Å². The molecule has 0 bridgehead atoms. The molecule has 0 spiro atoms. The summed E-state index contributed by atoms with van der Waals surface area (Å²) in [5, 5.41) is 9.87. The van der Waals surface area contributed by atoms with Gasteiger partial charge in [-0.2, -0.15) is 0 Å². The van der Waals surface area contributed by atoms with E-state index >= 15 is 0 Å². The van der Waals surface area contributed by atoms with Crippen LogP contribution in [0.1, 0.15) is 0 Å². The van der Waals surface area contributed by atoms with Crippen molar-refractivity contribution in [1.82, 2.24) is 0 Å². The van der Waals surface area contributed by atoms with Gasteiger partial charge in [-0.05, 0) is 18.2 Å². The maximum absolute atomic E-state index is 13.9. The summed E-state index contributed by atoms with van der Waals surface area (Å²) in [7, 11) is 1.18. The average molecular weight is 362 g/mol. The van der Waals surface area contributed by atoms with Crippen molar-refractivity contribution in [1.29, 1.82) is 0 Å². The minimum atomic E-state index is -0.781. The number of ether oxygens (including phenoxy) is 2.